The molecule has 0 spiro atoms. The van der Waals surface area contributed by atoms with Crippen LogP contribution in [0.4, 0.5) is 0 Å². The highest BCUT2D eigenvalue weighted by Crippen LogP contribution is 2.30. The Kier molecular flexibility index (Phi) is 3.46. The van der Waals surface area contributed by atoms with Gasteiger partial charge in [-0.25, -0.2) is 9.79 Å². The Balaban J connectivity index is 2.67. The van der Waals surface area contributed by atoms with Gasteiger partial charge < -0.3 is 4.48 Å². The first-order valence-corrected chi connectivity index (χ1v) is 5.31. The Hall–Kier alpha value is -0.660. The highest BCUT2D eigenvalue weighted by Gasteiger charge is 2.34. The van der Waals surface area contributed by atoms with E-state index in [1.165, 1.54) is 6.42 Å². The van der Waals surface area contributed by atoms with Gasteiger partial charge in [-0.2, -0.15) is 0 Å². The van der Waals surface area contributed by atoms with Crippen molar-refractivity contribution < 1.29 is 9.28 Å². The third kappa shape index (κ3) is 2.93. The molecular formula is C11H21N2O+. The molecule has 1 saturated carbocycles. The minimum absolute atomic E-state index is 0.207. The maximum Gasteiger partial charge on any atom is 0.235 e. The van der Waals surface area contributed by atoms with Gasteiger partial charge in [0.05, 0.1) is 33.2 Å². The predicted octanol–water partition coefficient (Wildman–Crippen LogP) is 1.59. The average molecular weight is 197 g/mol. The zero-order valence-electron chi connectivity index (χ0n) is 9.66. The molecule has 0 amide bonds. The maximum atomic E-state index is 10.2. The standard InChI is InChI=1S/C11H21N2O/c1-9-5-10(12-8-14)7-11(6-9)13(2,3)4/h9-11H,5-7H2,1-4H3/q+1. The second-order valence-electron chi connectivity index (χ2n) is 5.46. The number of rotatable bonds is 2. The first-order chi connectivity index (χ1) is 6.43. The molecular weight excluding hydrogens is 176 g/mol. The van der Waals surface area contributed by atoms with Crippen LogP contribution in [0.5, 0.6) is 0 Å². The van der Waals surface area contributed by atoms with Crippen molar-refractivity contribution in [1.82, 2.24) is 0 Å². The molecule has 80 valence electrons. The summed E-state index contributed by atoms with van der Waals surface area (Å²) in [4.78, 5) is 14.1. The van der Waals surface area contributed by atoms with Gasteiger partial charge in [-0.05, 0) is 12.3 Å². The normalized spacial score (nSPS) is 33.6. The molecule has 0 aliphatic heterocycles. The van der Waals surface area contributed by atoms with E-state index in [0.717, 1.165) is 17.3 Å². The minimum atomic E-state index is 0.207. The van der Waals surface area contributed by atoms with Gasteiger partial charge in [0.15, 0.2) is 0 Å². The molecule has 14 heavy (non-hydrogen) atoms. The fourth-order valence-corrected chi connectivity index (χ4v) is 2.34. The van der Waals surface area contributed by atoms with E-state index in [9.17, 15) is 4.79 Å². The van der Waals surface area contributed by atoms with Gasteiger partial charge in [-0.1, -0.05) is 6.92 Å². The van der Waals surface area contributed by atoms with Crippen molar-refractivity contribution >= 4 is 6.08 Å². The third-order valence-corrected chi connectivity index (χ3v) is 3.22. The van der Waals surface area contributed by atoms with Crippen LogP contribution >= 0.6 is 0 Å². The molecule has 1 fully saturated rings. The van der Waals surface area contributed by atoms with Crippen LogP contribution < -0.4 is 0 Å². The summed E-state index contributed by atoms with van der Waals surface area (Å²) in [6.45, 7) is 2.25. The van der Waals surface area contributed by atoms with Crippen molar-refractivity contribution in [1.29, 1.82) is 0 Å². The van der Waals surface area contributed by atoms with Gasteiger partial charge >= 0.3 is 0 Å². The lowest BCUT2D eigenvalue weighted by Gasteiger charge is -2.40. The minimum Gasteiger partial charge on any atom is -0.328 e. The summed E-state index contributed by atoms with van der Waals surface area (Å²) in [5, 5.41) is 0. The lowest BCUT2D eigenvalue weighted by Crippen LogP contribution is -2.49. The molecule has 0 radical (unpaired) electrons. The van der Waals surface area contributed by atoms with E-state index in [1.54, 1.807) is 6.08 Å². The second kappa shape index (κ2) is 4.24. The SMILES string of the molecule is CC1CC(N=C=O)CC([N+](C)(C)C)C1. The number of hydrogen-bond acceptors (Lipinski definition) is 2. The number of carbonyl (C=O) groups excluding carboxylic acids is 1. The lowest BCUT2D eigenvalue weighted by atomic mass is 9.82. The summed E-state index contributed by atoms with van der Waals surface area (Å²) in [5.74, 6) is 0.674. The summed E-state index contributed by atoms with van der Waals surface area (Å²) in [5.41, 5.74) is 0. The topological polar surface area (TPSA) is 29.4 Å². The third-order valence-electron chi connectivity index (χ3n) is 3.22. The first kappa shape index (κ1) is 11.4. The molecule has 0 saturated heterocycles. The highest BCUT2D eigenvalue weighted by molar-refractivity contribution is 5.33. The van der Waals surface area contributed by atoms with Crippen LogP contribution in [0, 0.1) is 5.92 Å². The molecule has 0 aromatic rings. The zero-order chi connectivity index (χ0) is 10.8. The summed E-state index contributed by atoms with van der Waals surface area (Å²) < 4.78 is 0.967. The van der Waals surface area contributed by atoms with Crippen LogP contribution in [0.15, 0.2) is 4.99 Å². The molecule has 0 N–H and O–H groups in total. The average Bonchev–Trinajstić information content (AvgIpc) is 2.02. The monoisotopic (exact) mass is 197 g/mol. The summed E-state index contributed by atoms with van der Waals surface area (Å²) >= 11 is 0. The van der Waals surface area contributed by atoms with Crippen molar-refractivity contribution in [3.63, 3.8) is 0 Å². The van der Waals surface area contributed by atoms with Gasteiger partial charge in [0.2, 0.25) is 6.08 Å². The molecule has 0 aromatic carbocycles. The van der Waals surface area contributed by atoms with E-state index in [2.05, 4.69) is 33.1 Å². The quantitative estimate of drug-likeness (QED) is 0.375. The fraction of sp³-hybridized carbons (Fsp3) is 0.909. The second-order valence-corrected chi connectivity index (χ2v) is 5.46. The van der Waals surface area contributed by atoms with E-state index >= 15 is 0 Å². The number of hydrogen-bond donors (Lipinski definition) is 0. The largest absolute Gasteiger partial charge is 0.328 e. The molecule has 3 atom stereocenters. The molecule has 0 heterocycles. The van der Waals surface area contributed by atoms with E-state index in [4.69, 9.17) is 0 Å². The molecule has 3 heteroatoms. The maximum absolute atomic E-state index is 10.2. The Morgan fingerprint density at radius 1 is 1.21 bits per heavy atom. The molecule has 0 aromatic heterocycles. The van der Waals surface area contributed by atoms with Crippen molar-refractivity contribution in [3.8, 4) is 0 Å². The van der Waals surface area contributed by atoms with E-state index < -0.39 is 0 Å². The van der Waals surface area contributed by atoms with Crippen LogP contribution in [0.1, 0.15) is 26.2 Å². The van der Waals surface area contributed by atoms with Crippen molar-refractivity contribution in [3.05, 3.63) is 0 Å². The van der Waals surface area contributed by atoms with Gasteiger partial charge in [-0.15, -0.1) is 0 Å². The Morgan fingerprint density at radius 2 is 1.86 bits per heavy atom. The summed E-state index contributed by atoms with van der Waals surface area (Å²) in [6, 6.07) is 0.833. The lowest BCUT2D eigenvalue weighted by molar-refractivity contribution is -0.898. The number of nitrogens with zero attached hydrogens (tertiary/aromatic N) is 2. The van der Waals surface area contributed by atoms with Crippen LogP contribution in [0.3, 0.4) is 0 Å². The van der Waals surface area contributed by atoms with E-state index in [1.807, 2.05) is 0 Å². The summed E-state index contributed by atoms with van der Waals surface area (Å²) in [7, 11) is 6.64. The van der Waals surface area contributed by atoms with Crippen LogP contribution in [0.25, 0.3) is 0 Å². The molecule has 3 unspecified atom stereocenters. The van der Waals surface area contributed by atoms with Gasteiger partial charge in [-0.3, -0.25) is 0 Å². The first-order valence-electron chi connectivity index (χ1n) is 5.31. The van der Waals surface area contributed by atoms with E-state index in [-0.39, 0.29) is 6.04 Å². The molecule has 1 aliphatic rings. The number of quaternary nitrogens is 1. The Bertz CT molecular complexity index is 238. The van der Waals surface area contributed by atoms with Gasteiger partial charge in [0.25, 0.3) is 0 Å². The molecule has 0 bridgehead atoms. The fourth-order valence-electron chi connectivity index (χ4n) is 2.34. The van der Waals surface area contributed by atoms with Gasteiger partial charge in [0, 0.05) is 12.8 Å². The van der Waals surface area contributed by atoms with Crippen LogP contribution in [-0.4, -0.2) is 43.8 Å². The summed E-state index contributed by atoms with van der Waals surface area (Å²) in [6.07, 6.45) is 5.02. The van der Waals surface area contributed by atoms with Crippen molar-refractivity contribution in [2.24, 2.45) is 10.9 Å². The molecule has 3 nitrogen and oxygen atoms in total. The van der Waals surface area contributed by atoms with E-state index in [0.29, 0.717) is 12.0 Å². The smallest absolute Gasteiger partial charge is 0.235 e. The van der Waals surface area contributed by atoms with Crippen LogP contribution in [0.2, 0.25) is 0 Å². The molecule has 1 aliphatic carbocycles. The molecule has 1 rings (SSSR count). The highest BCUT2D eigenvalue weighted by atomic mass is 16.1. The van der Waals surface area contributed by atoms with Gasteiger partial charge in [0.1, 0.15) is 0 Å². The Morgan fingerprint density at radius 3 is 2.36 bits per heavy atom. The van der Waals surface area contributed by atoms with Crippen molar-refractivity contribution in [2.45, 2.75) is 38.3 Å². The zero-order valence-corrected chi connectivity index (χ0v) is 9.66. The number of aliphatic imine (C=N–C) groups is 1. The Labute approximate surface area is 86.4 Å². The predicted molar refractivity (Wildman–Crippen MR) is 56.7 cm³/mol. The van der Waals surface area contributed by atoms with Crippen LogP contribution in [-0.2, 0) is 4.79 Å². The number of isocyanates is 1. The van der Waals surface area contributed by atoms with Crippen molar-refractivity contribution in [2.75, 3.05) is 21.1 Å².